The van der Waals surface area contributed by atoms with Gasteiger partial charge in [0, 0.05) is 30.6 Å². The third-order valence-corrected chi connectivity index (χ3v) is 5.97. The summed E-state index contributed by atoms with van der Waals surface area (Å²) < 4.78 is 50.1. The zero-order valence-electron chi connectivity index (χ0n) is 17.6. The van der Waals surface area contributed by atoms with Crippen LogP contribution in [0.2, 0.25) is 0 Å². The van der Waals surface area contributed by atoms with Gasteiger partial charge >= 0.3 is 6.18 Å². The Hall–Kier alpha value is -3.25. The Labute approximate surface area is 184 Å². The van der Waals surface area contributed by atoms with E-state index in [2.05, 4.69) is 35.2 Å². The summed E-state index contributed by atoms with van der Waals surface area (Å²) in [5, 5.41) is 0.867. The van der Waals surface area contributed by atoms with E-state index in [1.807, 2.05) is 12.1 Å². The first-order valence-corrected chi connectivity index (χ1v) is 10.5. The SMILES string of the molecule is COc1cc(CN2CCc3ccccc3C2)cc2cc(-c3ccc(C(F)(F)F)cc3)oc12. The number of ether oxygens (including phenoxy) is 1. The predicted molar refractivity (Wildman–Crippen MR) is 117 cm³/mol. The van der Waals surface area contributed by atoms with E-state index in [1.165, 1.54) is 23.3 Å². The van der Waals surface area contributed by atoms with Gasteiger partial charge in [0.25, 0.3) is 0 Å². The minimum Gasteiger partial charge on any atom is -0.493 e. The van der Waals surface area contributed by atoms with E-state index in [1.54, 1.807) is 7.11 Å². The molecule has 2 heterocycles. The highest BCUT2D eigenvalue weighted by atomic mass is 19.4. The third-order valence-electron chi connectivity index (χ3n) is 5.97. The Morgan fingerprint density at radius 3 is 2.44 bits per heavy atom. The van der Waals surface area contributed by atoms with Gasteiger partial charge in [0.1, 0.15) is 5.76 Å². The third kappa shape index (κ3) is 3.98. The van der Waals surface area contributed by atoms with Gasteiger partial charge in [-0.3, -0.25) is 4.90 Å². The summed E-state index contributed by atoms with van der Waals surface area (Å²) in [4.78, 5) is 2.40. The average Bonchev–Trinajstić information content (AvgIpc) is 3.22. The number of methoxy groups -OCH3 is 1. The first kappa shape index (κ1) is 20.6. The lowest BCUT2D eigenvalue weighted by atomic mass is 9.99. The molecule has 0 N–H and O–H groups in total. The summed E-state index contributed by atoms with van der Waals surface area (Å²) in [6, 6.07) is 19.4. The van der Waals surface area contributed by atoms with E-state index in [9.17, 15) is 13.2 Å². The molecule has 0 aliphatic carbocycles. The molecule has 6 heteroatoms. The van der Waals surface area contributed by atoms with E-state index >= 15 is 0 Å². The Morgan fingerprint density at radius 2 is 1.72 bits per heavy atom. The maximum absolute atomic E-state index is 12.9. The number of hydrogen-bond acceptors (Lipinski definition) is 3. The van der Waals surface area contributed by atoms with Crippen molar-refractivity contribution >= 4 is 11.0 Å². The van der Waals surface area contributed by atoms with Gasteiger partial charge < -0.3 is 9.15 Å². The predicted octanol–water partition coefficient (Wildman–Crippen LogP) is 6.69. The number of hydrogen-bond donors (Lipinski definition) is 0. The minimum atomic E-state index is -4.36. The van der Waals surface area contributed by atoms with Crippen LogP contribution in [0.5, 0.6) is 5.75 Å². The maximum Gasteiger partial charge on any atom is 0.416 e. The van der Waals surface area contributed by atoms with Crippen LogP contribution in [0.1, 0.15) is 22.3 Å². The van der Waals surface area contributed by atoms with Gasteiger partial charge in [-0.15, -0.1) is 0 Å². The van der Waals surface area contributed by atoms with E-state index in [0.29, 0.717) is 22.7 Å². The first-order chi connectivity index (χ1) is 15.4. The summed E-state index contributed by atoms with van der Waals surface area (Å²) >= 11 is 0. The van der Waals surface area contributed by atoms with Gasteiger partial charge in [-0.05, 0) is 53.4 Å². The monoisotopic (exact) mass is 437 g/mol. The van der Waals surface area contributed by atoms with Crippen LogP contribution < -0.4 is 4.74 Å². The summed E-state index contributed by atoms with van der Waals surface area (Å²) in [6.07, 6.45) is -3.33. The number of halogens is 3. The summed E-state index contributed by atoms with van der Waals surface area (Å²) in [7, 11) is 1.59. The topological polar surface area (TPSA) is 25.6 Å². The Morgan fingerprint density at radius 1 is 0.969 bits per heavy atom. The number of alkyl halides is 3. The molecule has 0 amide bonds. The lowest BCUT2D eigenvalue weighted by molar-refractivity contribution is -0.137. The second-order valence-corrected chi connectivity index (χ2v) is 8.13. The van der Waals surface area contributed by atoms with Gasteiger partial charge in [-0.2, -0.15) is 13.2 Å². The van der Waals surface area contributed by atoms with Crippen molar-refractivity contribution < 1.29 is 22.3 Å². The molecule has 5 rings (SSSR count). The Balaban J connectivity index is 1.43. The van der Waals surface area contributed by atoms with Gasteiger partial charge in [0.15, 0.2) is 11.3 Å². The molecule has 1 aromatic heterocycles. The van der Waals surface area contributed by atoms with Crippen LogP contribution in [-0.4, -0.2) is 18.6 Å². The largest absolute Gasteiger partial charge is 0.493 e. The average molecular weight is 437 g/mol. The highest BCUT2D eigenvalue weighted by Crippen LogP contribution is 2.36. The highest BCUT2D eigenvalue weighted by molar-refractivity contribution is 5.88. The fourth-order valence-corrected chi connectivity index (χ4v) is 4.34. The van der Waals surface area contributed by atoms with Crippen LogP contribution in [0, 0.1) is 0 Å². The maximum atomic E-state index is 12.9. The molecule has 0 unspecified atom stereocenters. The lowest BCUT2D eigenvalue weighted by Gasteiger charge is -2.28. The molecule has 0 bridgehead atoms. The molecule has 3 nitrogen and oxygen atoms in total. The second kappa shape index (κ2) is 8.02. The molecular formula is C26H22F3NO2. The number of fused-ring (bicyclic) bond motifs is 2. The summed E-state index contributed by atoms with van der Waals surface area (Å²) in [5.74, 6) is 1.13. The molecule has 4 aromatic rings. The Bertz CT molecular complexity index is 1260. The fourth-order valence-electron chi connectivity index (χ4n) is 4.34. The van der Waals surface area contributed by atoms with Crippen molar-refractivity contribution in [2.75, 3.05) is 13.7 Å². The zero-order chi connectivity index (χ0) is 22.3. The fraction of sp³-hybridized carbons (Fsp3) is 0.231. The quantitative estimate of drug-likeness (QED) is 0.356. The standard InChI is InChI=1S/C26H22F3NO2/c1-31-24-13-17(15-30-11-10-18-4-2-3-5-20(18)16-30)12-21-14-23(32-25(21)24)19-6-8-22(9-7-19)26(27,28)29/h2-9,12-14H,10-11,15-16H2,1H3. The Kier molecular flexibility index (Phi) is 5.18. The molecule has 32 heavy (non-hydrogen) atoms. The van der Waals surface area contributed by atoms with Crippen LogP contribution >= 0.6 is 0 Å². The minimum absolute atomic E-state index is 0.510. The van der Waals surface area contributed by atoms with Gasteiger partial charge in [-0.25, -0.2) is 0 Å². The molecule has 0 radical (unpaired) electrons. The number of furan rings is 1. The number of rotatable bonds is 4. The van der Waals surface area contributed by atoms with Crippen LogP contribution in [0.15, 0.2) is 71.1 Å². The highest BCUT2D eigenvalue weighted by Gasteiger charge is 2.30. The van der Waals surface area contributed by atoms with Crippen molar-refractivity contribution in [3.8, 4) is 17.1 Å². The number of nitrogens with zero attached hydrogens (tertiary/aromatic N) is 1. The summed E-state index contributed by atoms with van der Waals surface area (Å²) in [6.45, 7) is 2.67. The van der Waals surface area contributed by atoms with Gasteiger partial charge in [-0.1, -0.05) is 36.4 Å². The first-order valence-electron chi connectivity index (χ1n) is 10.5. The molecule has 1 aliphatic rings. The van der Waals surface area contributed by atoms with Crippen molar-refractivity contribution in [2.45, 2.75) is 25.7 Å². The number of benzene rings is 3. The van der Waals surface area contributed by atoms with Crippen molar-refractivity contribution in [3.63, 3.8) is 0 Å². The molecule has 164 valence electrons. The van der Waals surface area contributed by atoms with Crippen molar-refractivity contribution in [3.05, 3.63) is 89.0 Å². The summed E-state index contributed by atoms with van der Waals surface area (Å²) in [5.41, 5.74) is 4.38. The molecule has 0 spiro atoms. The van der Waals surface area contributed by atoms with Crippen LogP contribution in [0.25, 0.3) is 22.3 Å². The van der Waals surface area contributed by atoms with Gasteiger partial charge in [0.05, 0.1) is 12.7 Å². The van der Waals surface area contributed by atoms with E-state index in [4.69, 9.17) is 9.15 Å². The van der Waals surface area contributed by atoms with E-state index in [-0.39, 0.29) is 0 Å². The molecule has 0 saturated heterocycles. The van der Waals surface area contributed by atoms with Gasteiger partial charge in [0.2, 0.25) is 0 Å². The normalized spacial score (nSPS) is 14.5. The lowest BCUT2D eigenvalue weighted by Crippen LogP contribution is -2.29. The van der Waals surface area contributed by atoms with E-state index in [0.717, 1.165) is 49.1 Å². The molecule has 0 atom stereocenters. The van der Waals surface area contributed by atoms with E-state index < -0.39 is 11.7 Å². The second-order valence-electron chi connectivity index (χ2n) is 8.13. The van der Waals surface area contributed by atoms with Crippen molar-refractivity contribution in [2.24, 2.45) is 0 Å². The van der Waals surface area contributed by atoms with Crippen molar-refractivity contribution in [1.29, 1.82) is 0 Å². The van der Waals surface area contributed by atoms with Crippen LogP contribution in [-0.2, 0) is 25.7 Å². The van der Waals surface area contributed by atoms with Crippen molar-refractivity contribution in [1.82, 2.24) is 4.90 Å². The smallest absolute Gasteiger partial charge is 0.416 e. The van der Waals surface area contributed by atoms with Crippen LogP contribution in [0.3, 0.4) is 0 Å². The molecule has 0 saturated carbocycles. The molecule has 3 aromatic carbocycles. The molecule has 1 aliphatic heterocycles. The molecular weight excluding hydrogens is 415 g/mol. The zero-order valence-corrected chi connectivity index (χ0v) is 17.6. The van der Waals surface area contributed by atoms with Crippen LogP contribution in [0.4, 0.5) is 13.2 Å². The molecule has 0 fully saturated rings.